The lowest BCUT2D eigenvalue weighted by atomic mass is 9.94. The van der Waals surface area contributed by atoms with E-state index in [4.69, 9.17) is 19.3 Å². The molecule has 2 aliphatic heterocycles. The second kappa shape index (κ2) is 5.95. The molecule has 0 fully saturated rings. The Hall–Kier alpha value is -2.50. The molecule has 2 aliphatic rings. The third-order valence-corrected chi connectivity index (χ3v) is 4.23. The summed E-state index contributed by atoms with van der Waals surface area (Å²) < 4.78 is 16.5. The van der Waals surface area contributed by atoms with E-state index in [9.17, 15) is 9.59 Å². The van der Waals surface area contributed by atoms with Crippen molar-refractivity contribution < 1.29 is 28.9 Å². The first-order valence-electron chi connectivity index (χ1n) is 7.49. The number of fused-ring (bicyclic) bond motifs is 3. The minimum atomic E-state index is -0.830. The van der Waals surface area contributed by atoms with Gasteiger partial charge in [-0.05, 0) is 30.6 Å². The first-order chi connectivity index (χ1) is 11.0. The molecular weight excluding hydrogens is 300 g/mol. The van der Waals surface area contributed by atoms with Gasteiger partial charge in [-0.25, -0.2) is 4.79 Å². The van der Waals surface area contributed by atoms with Crippen LogP contribution >= 0.6 is 0 Å². The van der Waals surface area contributed by atoms with Crippen LogP contribution in [0.1, 0.15) is 41.3 Å². The number of benzene rings is 1. The fourth-order valence-corrected chi connectivity index (χ4v) is 2.89. The van der Waals surface area contributed by atoms with Crippen LogP contribution < -0.4 is 9.47 Å². The summed E-state index contributed by atoms with van der Waals surface area (Å²) in [6.45, 7) is 2.14. The van der Waals surface area contributed by atoms with Gasteiger partial charge in [-0.1, -0.05) is 6.92 Å². The van der Waals surface area contributed by atoms with Gasteiger partial charge in [-0.3, -0.25) is 4.79 Å². The standard InChI is InChI=1S/C17H18O6/c1-9(3-6-14(18)19)12-5-4-11-13(21-2)7-10-8-22-17(20)15(10)16(11)23-12/h4-5,7,9,12H,3,6,8H2,1-2H3,(H,18,19)/t9-,12-/m1/s1. The molecule has 3 rings (SSSR count). The molecule has 1 N–H and O–H groups in total. The molecule has 122 valence electrons. The molecule has 0 aromatic heterocycles. The van der Waals surface area contributed by atoms with Gasteiger partial charge in [-0.2, -0.15) is 0 Å². The van der Waals surface area contributed by atoms with Crippen molar-refractivity contribution in [2.24, 2.45) is 5.92 Å². The van der Waals surface area contributed by atoms with E-state index < -0.39 is 11.9 Å². The SMILES string of the molecule is COc1cc2c(c3c1C=C[C@H]([C@H](C)CCC(=O)O)O3)C(=O)OC2. The van der Waals surface area contributed by atoms with E-state index in [1.54, 1.807) is 13.2 Å². The van der Waals surface area contributed by atoms with Crippen LogP contribution in [-0.2, 0) is 16.1 Å². The van der Waals surface area contributed by atoms with Gasteiger partial charge in [-0.15, -0.1) is 0 Å². The average molecular weight is 318 g/mol. The molecule has 0 saturated carbocycles. The molecule has 2 heterocycles. The number of esters is 1. The van der Waals surface area contributed by atoms with Crippen molar-refractivity contribution in [3.63, 3.8) is 0 Å². The van der Waals surface area contributed by atoms with Gasteiger partial charge in [0.25, 0.3) is 0 Å². The van der Waals surface area contributed by atoms with Gasteiger partial charge >= 0.3 is 11.9 Å². The number of hydrogen-bond donors (Lipinski definition) is 1. The lowest BCUT2D eigenvalue weighted by Gasteiger charge is -2.28. The lowest BCUT2D eigenvalue weighted by molar-refractivity contribution is -0.137. The number of ether oxygens (including phenoxy) is 3. The molecule has 0 amide bonds. The summed E-state index contributed by atoms with van der Waals surface area (Å²) >= 11 is 0. The zero-order valence-corrected chi connectivity index (χ0v) is 13.0. The van der Waals surface area contributed by atoms with E-state index >= 15 is 0 Å². The van der Waals surface area contributed by atoms with Gasteiger partial charge in [0, 0.05) is 12.0 Å². The summed E-state index contributed by atoms with van der Waals surface area (Å²) in [4.78, 5) is 22.7. The third-order valence-electron chi connectivity index (χ3n) is 4.23. The predicted octanol–water partition coefficient (Wildman–Crippen LogP) is 2.64. The second-order valence-corrected chi connectivity index (χ2v) is 5.78. The highest BCUT2D eigenvalue weighted by atomic mass is 16.5. The highest BCUT2D eigenvalue weighted by molar-refractivity contribution is 5.98. The van der Waals surface area contributed by atoms with Crippen LogP contribution in [0.4, 0.5) is 0 Å². The topological polar surface area (TPSA) is 82.1 Å². The van der Waals surface area contributed by atoms with E-state index in [1.165, 1.54) is 0 Å². The summed E-state index contributed by atoms with van der Waals surface area (Å²) in [6.07, 6.45) is 4.04. The summed E-state index contributed by atoms with van der Waals surface area (Å²) in [5, 5.41) is 8.81. The first-order valence-corrected chi connectivity index (χ1v) is 7.49. The van der Waals surface area contributed by atoms with Gasteiger partial charge < -0.3 is 19.3 Å². The number of methoxy groups -OCH3 is 1. The van der Waals surface area contributed by atoms with Crippen LogP contribution in [0.3, 0.4) is 0 Å². The Kier molecular flexibility index (Phi) is 3.98. The monoisotopic (exact) mass is 318 g/mol. The third kappa shape index (κ3) is 2.76. The molecule has 0 aliphatic carbocycles. The van der Waals surface area contributed by atoms with Crippen LogP contribution in [-0.4, -0.2) is 30.3 Å². The largest absolute Gasteiger partial charge is 0.496 e. The van der Waals surface area contributed by atoms with Crippen molar-refractivity contribution >= 4 is 18.0 Å². The Morgan fingerprint density at radius 3 is 3.00 bits per heavy atom. The molecule has 2 atom stereocenters. The molecule has 0 saturated heterocycles. The van der Waals surface area contributed by atoms with Gasteiger partial charge in [0.05, 0.1) is 12.7 Å². The molecule has 0 spiro atoms. The zero-order chi connectivity index (χ0) is 16.6. The highest BCUT2D eigenvalue weighted by Gasteiger charge is 2.33. The fourth-order valence-electron chi connectivity index (χ4n) is 2.89. The first kappa shape index (κ1) is 15.4. The molecule has 0 radical (unpaired) electrons. The maximum Gasteiger partial charge on any atom is 0.342 e. The average Bonchev–Trinajstić information content (AvgIpc) is 2.92. The Morgan fingerprint density at radius 2 is 2.30 bits per heavy atom. The minimum Gasteiger partial charge on any atom is -0.496 e. The van der Waals surface area contributed by atoms with E-state index in [-0.39, 0.29) is 25.0 Å². The summed E-state index contributed by atoms with van der Waals surface area (Å²) in [7, 11) is 1.56. The highest BCUT2D eigenvalue weighted by Crippen LogP contribution is 2.43. The molecule has 0 bridgehead atoms. The van der Waals surface area contributed by atoms with Crippen LogP contribution in [0.2, 0.25) is 0 Å². The number of aliphatic carboxylic acids is 1. The lowest BCUT2D eigenvalue weighted by Crippen LogP contribution is -2.26. The Balaban J connectivity index is 1.92. The zero-order valence-electron chi connectivity index (χ0n) is 13.0. The van der Waals surface area contributed by atoms with E-state index in [0.717, 1.165) is 5.56 Å². The van der Waals surface area contributed by atoms with Crippen molar-refractivity contribution in [3.05, 3.63) is 28.8 Å². The molecule has 1 aromatic rings. The van der Waals surface area contributed by atoms with Crippen LogP contribution in [0, 0.1) is 5.92 Å². The quantitative estimate of drug-likeness (QED) is 0.841. The number of hydrogen-bond acceptors (Lipinski definition) is 5. The number of rotatable bonds is 5. The fraction of sp³-hybridized carbons (Fsp3) is 0.412. The van der Waals surface area contributed by atoms with Crippen molar-refractivity contribution in [3.8, 4) is 11.5 Å². The van der Waals surface area contributed by atoms with Crippen molar-refractivity contribution in [1.29, 1.82) is 0 Å². The van der Waals surface area contributed by atoms with Crippen LogP contribution in [0.5, 0.6) is 11.5 Å². The number of carbonyl (C=O) groups is 2. The van der Waals surface area contributed by atoms with Crippen molar-refractivity contribution in [1.82, 2.24) is 0 Å². The van der Waals surface area contributed by atoms with Crippen molar-refractivity contribution in [2.75, 3.05) is 7.11 Å². The molecule has 23 heavy (non-hydrogen) atoms. The Morgan fingerprint density at radius 1 is 1.52 bits per heavy atom. The maximum atomic E-state index is 12.0. The van der Waals surface area contributed by atoms with E-state index in [2.05, 4.69) is 0 Å². The van der Waals surface area contributed by atoms with Gasteiger partial charge in [0.15, 0.2) is 0 Å². The smallest absolute Gasteiger partial charge is 0.342 e. The molecular formula is C17H18O6. The van der Waals surface area contributed by atoms with Gasteiger partial charge in [0.2, 0.25) is 0 Å². The van der Waals surface area contributed by atoms with Gasteiger partial charge in [0.1, 0.15) is 29.8 Å². The van der Waals surface area contributed by atoms with E-state index in [0.29, 0.717) is 29.0 Å². The predicted molar refractivity (Wildman–Crippen MR) is 81.6 cm³/mol. The maximum absolute atomic E-state index is 12.0. The van der Waals surface area contributed by atoms with Crippen molar-refractivity contribution in [2.45, 2.75) is 32.5 Å². The van der Waals surface area contributed by atoms with E-state index in [1.807, 2.05) is 19.1 Å². The number of carboxylic acid groups (broad SMARTS) is 1. The number of carbonyl (C=O) groups excluding carboxylic acids is 1. The molecule has 0 unspecified atom stereocenters. The Bertz CT molecular complexity index is 691. The summed E-state index contributed by atoms with van der Waals surface area (Å²) in [6, 6.07) is 1.79. The second-order valence-electron chi connectivity index (χ2n) is 5.78. The number of carboxylic acids is 1. The minimum absolute atomic E-state index is 0.00905. The number of cyclic esters (lactones) is 1. The van der Waals surface area contributed by atoms with Crippen LogP contribution in [0.25, 0.3) is 6.08 Å². The molecule has 6 nitrogen and oxygen atoms in total. The normalized spacial score (nSPS) is 19.4. The summed E-state index contributed by atoms with van der Waals surface area (Å²) in [5.74, 6) is -0.120. The Labute approximate surface area is 133 Å². The van der Waals surface area contributed by atoms with Crippen LogP contribution in [0.15, 0.2) is 12.1 Å². The molecule has 6 heteroatoms. The molecule has 1 aromatic carbocycles. The summed E-state index contributed by atoms with van der Waals surface area (Å²) in [5.41, 5.74) is 1.91.